The van der Waals surface area contributed by atoms with E-state index in [9.17, 15) is 10.1 Å². The van der Waals surface area contributed by atoms with Crippen LogP contribution in [0.1, 0.15) is 12.5 Å². The SMILES string of the molecule is CCN1C(=O)/C(=C2/Sc3ccccc3N2C)S/C1=N/c1cc(C#N)ccc1N(C)C. The van der Waals surface area contributed by atoms with Crippen molar-refractivity contribution >= 4 is 51.7 Å². The minimum atomic E-state index is -0.0359. The first-order chi connectivity index (χ1) is 14.4. The molecule has 2 heterocycles. The summed E-state index contributed by atoms with van der Waals surface area (Å²) in [5.74, 6) is -0.0359. The number of benzene rings is 2. The number of fused-ring (bicyclic) bond motifs is 1. The van der Waals surface area contributed by atoms with E-state index in [1.165, 1.54) is 11.8 Å². The first kappa shape index (κ1) is 20.4. The number of rotatable bonds is 3. The maximum absolute atomic E-state index is 13.2. The monoisotopic (exact) mass is 435 g/mol. The molecule has 2 aromatic rings. The van der Waals surface area contributed by atoms with E-state index >= 15 is 0 Å². The van der Waals surface area contributed by atoms with Crippen molar-refractivity contribution in [3.05, 3.63) is 58.0 Å². The fourth-order valence-electron chi connectivity index (χ4n) is 3.36. The molecular weight excluding hydrogens is 414 g/mol. The summed E-state index contributed by atoms with van der Waals surface area (Å²) in [5, 5.41) is 10.9. The van der Waals surface area contributed by atoms with Crippen molar-refractivity contribution in [3.63, 3.8) is 0 Å². The second kappa shape index (κ2) is 8.09. The fourth-order valence-corrected chi connectivity index (χ4v) is 5.76. The number of carbonyl (C=O) groups is 1. The standard InChI is InChI=1S/C22H21N5OS2/c1-5-27-20(28)19(21-26(4)17-8-6-7-9-18(17)29-21)30-22(27)24-15-12-14(13-23)10-11-16(15)25(2)3/h6-12H,5H2,1-4H3/b21-19-,24-22+. The predicted molar refractivity (Wildman–Crippen MR) is 125 cm³/mol. The second-order valence-electron chi connectivity index (χ2n) is 7.02. The van der Waals surface area contributed by atoms with Crippen LogP contribution in [0.4, 0.5) is 17.1 Å². The quantitative estimate of drug-likeness (QED) is 0.656. The third-order valence-corrected chi connectivity index (χ3v) is 7.35. The summed E-state index contributed by atoms with van der Waals surface area (Å²) >= 11 is 3.01. The number of likely N-dealkylation sites (N-methyl/N-ethyl adjacent to an activating group) is 1. The van der Waals surface area contributed by atoms with Crippen LogP contribution in [0.25, 0.3) is 0 Å². The average molecular weight is 436 g/mol. The molecule has 2 aromatic carbocycles. The van der Waals surface area contributed by atoms with E-state index in [-0.39, 0.29) is 5.91 Å². The summed E-state index contributed by atoms with van der Waals surface area (Å²) < 4.78 is 0. The summed E-state index contributed by atoms with van der Waals surface area (Å²) in [6.07, 6.45) is 0. The molecule has 30 heavy (non-hydrogen) atoms. The zero-order valence-electron chi connectivity index (χ0n) is 17.2. The van der Waals surface area contributed by atoms with Crippen LogP contribution < -0.4 is 9.80 Å². The number of para-hydroxylation sites is 1. The van der Waals surface area contributed by atoms with Gasteiger partial charge in [0.25, 0.3) is 5.91 Å². The van der Waals surface area contributed by atoms with Gasteiger partial charge in [0.1, 0.15) is 4.91 Å². The molecule has 0 N–H and O–H groups in total. The van der Waals surface area contributed by atoms with Crippen LogP contribution in [-0.4, -0.2) is 43.7 Å². The number of thioether (sulfide) groups is 2. The maximum atomic E-state index is 13.2. The van der Waals surface area contributed by atoms with Crippen molar-refractivity contribution in [1.82, 2.24) is 4.90 Å². The van der Waals surface area contributed by atoms with E-state index < -0.39 is 0 Å². The number of aliphatic imine (C=N–C) groups is 1. The van der Waals surface area contributed by atoms with Gasteiger partial charge in [-0.25, -0.2) is 4.99 Å². The molecule has 0 radical (unpaired) electrons. The summed E-state index contributed by atoms with van der Waals surface area (Å²) in [6, 6.07) is 15.7. The molecule has 0 aromatic heterocycles. The van der Waals surface area contributed by atoms with E-state index in [4.69, 9.17) is 4.99 Å². The van der Waals surface area contributed by atoms with Crippen molar-refractivity contribution in [2.45, 2.75) is 11.8 Å². The Morgan fingerprint density at radius 3 is 2.60 bits per heavy atom. The number of carbonyl (C=O) groups excluding carboxylic acids is 1. The third-order valence-electron chi connectivity index (χ3n) is 4.91. The van der Waals surface area contributed by atoms with Gasteiger partial charge in [-0.1, -0.05) is 23.9 Å². The van der Waals surface area contributed by atoms with E-state index in [0.717, 1.165) is 21.3 Å². The third kappa shape index (κ3) is 3.44. The Balaban J connectivity index is 1.77. The van der Waals surface area contributed by atoms with Crippen molar-refractivity contribution in [3.8, 4) is 6.07 Å². The first-order valence-corrected chi connectivity index (χ1v) is 11.1. The summed E-state index contributed by atoms with van der Waals surface area (Å²) in [6.45, 7) is 2.47. The van der Waals surface area contributed by atoms with Gasteiger partial charge in [0, 0.05) is 32.6 Å². The van der Waals surface area contributed by atoms with E-state index in [2.05, 4.69) is 23.1 Å². The molecule has 2 aliphatic rings. The van der Waals surface area contributed by atoms with Crippen LogP contribution in [0, 0.1) is 11.3 Å². The number of anilines is 2. The Morgan fingerprint density at radius 1 is 1.17 bits per heavy atom. The number of nitriles is 1. The molecule has 0 aliphatic carbocycles. The fraction of sp³-hybridized carbons (Fsp3) is 0.227. The highest BCUT2D eigenvalue weighted by atomic mass is 32.2. The molecule has 0 spiro atoms. The van der Waals surface area contributed by atoms with Gasteiger partial charge in [-0.3, -0.25) is 9.69 Å². The summed E-state index contributed by atoms with van der Waals surface area (Å²) in [4.78, 5) is 25.6. The highest BCUT2D eigenvalue weighted by Gasteiger charge is 2.38. The molecule has 6 nitrogen and oxygen atoms in total. The van der Waals surface area contributed by atoms with Gasteiger partial charge in [-0.05, 0) is 49.0 Å². The van der Waals surface area contributed by atoms with Gasteiger partial charge in [-0.2, -0.15) is 5.26 Å². The van der Waals surface area contributed by atoms with Crippen LogP contribution >= 0.6 is 23.5 Å². The minimum Gasteiger partial charge on any atom is -0.376 e. The summed E-state index contributed by atoms with van der Waals surface area (Å²) in [7, 11) is 5.86. The molecule has 0 bridgehead atoms. The predicted octanol–water partition coefficient (Wildman–Crippen LogP) is 4.62. The Bertz CT molecular complexity index is 1130. The Hall–Kier alpha value is -2.89. The average Bonchev–Trinajstić information content (AvgIpc) is 3.24. The maximum Gasteiger partial charge on any atom is 0.269 e. The van der Waals surface area contributed by atoms with Crippen molar-refractivity contribution in [1.29, 1.82) is 5.26 Å². The zero-order chi connectivity index (χ0) is 21.4. The van der Waals surface area contributed by atoms with Gasteiger partial charge in [0.05, 0.1) is 33.7 Å². The van der Waals surface area contributed by atoms with E-state index in [1.807, 2.05) is 51.2 Å². The zero-order valence-corrected chi connectivity index (χ0v) is 18.8. The molecule has 0 saturated carbocycles. The molecule has 0 atom stereocenters. The molecule has 1 fully saturated rings. The molecular formula is C22H21N5OS2. The van der Waals surface area contributed by atoms with Crippen LogP contribution in [0.5, 0.6) is 0 Å². The first-order valence-electron chi connectivity index (χ1n) is 9.49. The lowest BCUT2D eigenvalue weighted by atomic mass is 10.2. The lowest BCUT2D eigenvalue weighted by Crippen LogP contribution is -2.29. The van der Waals surface area contributed by atoms with E-state index in [1.54, 1.807) is 28.8 Å². The molecule has 0 unspecified atom stereocenters. The van der Waals surface area contributed by atoms with Crippen molar-refractivity contribution in [2.24, 2.45) is 4.99 Å². The molecule has 4 rings (SSSR count). The second-order valence-corrected chi connectivity index (χ2v) is 9.03. The molecule has 1 amide bonds. The topological polar surface area (TPSA) is 62.9 Å². The minimum absolute atomic E-state index is 0.0359. The van der Waals surface area contributed by atoms with Crippen LogP contribution in [0.2, 0.25) is 0 Å². The largest absolute Gasteiger partial charge is 0.376 e. The Labute approximate surface area is 184 Å². The van der Waals surface area contributed by atoms with Gasteiger partial charge < -0.3 is 9.80 Å². The van der Waals surface area contributed by atoms with Crippen molar-refractivity contribution in [2.75, 3.05) is 37.5 Å². The van der Waals surface area contributed by atoms with Crippen LogP contribution in [0.3, 0.4) is 0 Å². The van der Waals surface area contributed by atoms with E-state index in [0.29, 0.717) is 27.9 Å². The molecule has 8 heteroatoms. The lowest BCUT2D eigenvalue weighted by molar-refractivity contribution is -0.122. The molecule has 1 saturated heterocycles. The molecule has 2 aliphatic heterocycles. The van der Waals surface area contributed by atoms with Gasteiger partial charge >= 0.3 is 0 Å². The number of nitrogens with zero attached hydrogens (tertiary/aromatic N) is 5. The number of hydrogen-bond acceptors (Lipinski definition) is 7. The van der Waals surface area contributed by atoms with Gasteiger partial charge in [0.2, 0.25) is 0 Å². The Kier molecular flexibility index (Phi) is 5.50. The van der Waals surface area contributed by atoms with Crippen LogP contribution in [-0.2, 0) is 4.79 Å². The number of hydrogen-bond donors (Lipinski definition) is 0. The Morgan fingerprint density at radius 2 is 1.93 bits per heavy atom. The smallest absolute Gasteiger partial charge is 0.269 e. The van der Waals surface area contributed by atoms with Crippen LogP contribution in [0.15, 0.2) is 62.3 Å². The normalized spacial score (nSPS) is 19.4. The van der Waals surface area contributed by atoms with Gasteiger partial charge in [0.15, 0.2) is 5.17 Å². The number of amidine groups is 1. The highest BCUT2D eigenvalue weighted by Crippen LogP contribution is 2.50. The lowest BCUT2D eigenvalue weighted by Gasteiger charge is -2.17. The summed E-state index contributed by atoms with van der Waals surface area (Å²) in [5.41, 5.74) is 3.21. The number of amides is 1. The van der Waals surface area contributed by atoms with Gasteiger partial charge in [-0.15, -0.1) is 0 Å². The molecule has 152 valence electrons. The highest BCUT2D eigenvalue weighted by molar-refractivity contribution is 8.19. The van der Waals surface area contributed by atoms with Crippen molar-refractivity contribution < 1.29 is 4.79 Å².